The molecule has 0 fully saturated rings. The van der Waals surface area contributed by atoms with E-state index in [1.807, 2.05) is 12.1 Å². The smallest absolute Gasteiger partial charge is 0.549 e. The molecule has 0 saturated carbocycles. The second kappa shape index (κ2) is 16.5. The molecule has 0 unspecified atom stereocenters. The predicted octanol–water partition coefficient (Wildman–Crippen LogP) is 2.00. The van der Waals surface area contributed by atoms with Gasteiger partial charge in [-0.2, -0.15) is 0 Å². The van der Waals surface area contributed by atoms with Gasteiger partial charge < -0.3 is 9.90 Å². The molecule has 1 aromatic carbocycles. The Labute approximate surface area is 174 Å². The van der Waals surface area contributed by atoms with Crippen LogP contribution >= 0.6 is 11.8 Å². The van der Waals surface area contributed by atoms with Crippen LogP contribution < -0.4 is 34.7 Å². The van der Waals surface area contributed by atoms with E-state index in [9.17, 15) is 9.90 Å². The van der Waals surface area contributed by atoms with Gasteiger partial charge in [-0.1, -0.05) is 76.8 Å². The Morgan fingerprint density at radius 2 is 1.38 bits per heavy atom. The second-order valence-electron chi connectivity index (χ2n) is 6.24. The van der Waals surface area contributed by atoms with Crippen molar-refractivity contribution in [2.24, 2.45) is 0 Å². The van der Waals surface area contributed by atoms with Crippen molar-refractivity contribution in [3.8, 4) is 0 Å². The molecule has 0 heterocycles. The van der Waals surface area contributed by atoms with Gasteiger partial charge in [0.15, 0.2) is 0 Å². The normalized spacial score (nSPS) is 10.4. The second-order valence-corrected chi connectivity index (χ2v) is 7.29. The van der Waals surface area contributed by atoms with Crippen LogP contribution in [0.1, 0.15) is 76.7 Å². The van der Waals surface area contributed by atoms with Crippen LogP contribution in [0.3, 0.4) is 0 Å². The molecule has 130 valence electrons. The Hall–Kier alpha value is 0.0400. The minimum Gasteiger partial charge on any atom is -0.549 e. The fraction of sp³-hybridized carbons (Fsp3) is 0.650. The molecular formula is C20H31NaO2S. The number of carboxylic acids is 1. The number of carbonyl (C=O) groups excluding carboxylic acids is 1. The zero-order chi connectivity index (χ0) is 16.8. The van der Waals surface area contributed by atoms with E-state index < -0.39 is 5.97 Å². The van der Waals surface area contributed by atoms with Gasteiger partial charge in [-0.15, -0.1) is 11.8 Å². The monoisotopic (exact) mass is 358 g/mol. The number of rotatable bonds is 14. The molecule has 1 aromatic rings. The van der Waals surface area contributed by atoms with E-state index in [0.29, 0.717) is 0 Å². The fourth-order valence-corrected chi connectivity index (χ4v) is 3.32. The average molecular weight is 359 g/mol. The van der Waals surface area contributed by atoms with Crippen LogP contribution in [-0.2, 0) is 11.2 Å². The standard InChI is InChI=1S/C20H32O2S.Na/c1-2-3-4-5-6-7-8-9-10-11-12-18-13-15-19(16-14-18)23-17-20(21)22;/h13-16H,2-12,17H2,1H3,(H,21,22);/q;+1/p-1. The van der Waals surface area contributed by atoms with Gasteiger partial charge in [0.25, 0.3) is 0 Å². The first kappa shape index (κ1) is 24.0. The summed E-state index contributed by atoms with van der Waals surface area (Å²) in [5.41, 5.74) is 1.35. The topological polar surface area (TPSA) is 40.1 Å². The van der Waals surface area contributed by atoms with Crippen molar-refractivity contribution in [3.63, 3.8) is 0 Å². The summed E-state index contributed by atoms with van der Waals surface area (Å²) in [6, 6.07) is 8.26. The molecule has 0 atom stereocenters. The third-order valence-corrected chi connectivity index (χ3v) is 5.08. The number of carbonyl (C=O) groups is 1. The van der Waals surface area contributed by atoms with Crippen molar-refractivity contribution in [2.75, 3.05) is 5.75 Å². The van der Waals surface area contributed by atoms with E-state index in [1.165, 1.54) is 81.5 Å². The van der Waals surface area contributed by atoms with Crippen LogP contribution in [0.15, 0.2) is 29.2 Å². The summed E-state index contributed by atoms with van der Waals surface area (Å²) in [5.74, 6) is -0.984. The third kappa shape index (κ3) is 13.3. The number of hydrogen-bond donors (Lipinski definition) is 0. The summed E-state index contributed by atoms with van der Waals surface area (Å²) in [6.07, 6.45) is 14.8. The van der Waals surface area contributed by atoms with Crippen molar-refractivity contribution in [3.05, 3.63) is 29.8 Å². The summed E-state index contributed by atoms with van der Waals surface area (Å²) in [4.78, 5) is 11.4. The SMILES string of the molecule is CCCCCCCCCCCCc1ccc(SCC(=O)[O-])cc1.[Na+]. The number of aliphatic carboxylic acids is 1. The zero-order valence-electron chi connectivity index (χ0n) is 15.5. The first-order valence-electron chi connectivity index (χ1n) is 9.14. The average Bonchev–Trinajstić information content (AvgIpc) is 2.55. The van der Waals surface area contributed by atoms with Crippen molar-refractivity contribution < 1.29 is 39.5 Å². The van der Waals surface area contributed by atoms with Crippen LogP contribution in [0.5, 0.6) is 0 Å². The van der Waals surface area contributed by atoms with Gasteiger partial charge in [0.1, 0.15) is 0 Å². The maximum atomic E-state index is 10.4. The molecule has 0 radical (unpaired) electrons. The molecule has 4 heteroatoms. The minimum atomic E-state index is -1.01. The number of thioether (sulfide) groups is 1. The van der Waals surface area contributed by atoms with Gasteiger partial charge in [-0.25, -0.2) is 0 Å². The molecule has 2 nitrogen and oxygen atoms in total. The van der Waals surface area contributed by atoms with Crippen LogP contribution in [-0.4, -0.2) is 11.7 Å². The van der Waals surface area contributed by atoms with Gasteiger partial charge >= 0.3 is 29.6 Å². The van der Waals surface area contributed by atoms with E-state index >= 15 is 0 Å². The Morgan fingerprint density at radius 1 is 0.875 bits per heavy atom. The Bertz CT molecular complexity index is 420. The summed E-state index contributed by atoms with van der Waals surface area (Å²) >= 11 is 1.32. The number of benzene rings is 1. The van der Waals surface area contributed by atoms with Crippen molar-refractivity contribution in [1.82, 2.24) is 0 Å². The molecular weight excluding hydrogens is 327 g/mol. The largest absolute Gasteiger partial charge is 1.00 e. The van der Waals surface area contributed by atoms with E-state index in [-0.39, 0.29) is 35.3 Å². The molecule has 0 aliphatic rings. The Balaban J connectivity index is 0.00000529. The van der Waals surface area contributed by atoms with Crippen LogP contribution in [0.2, 0.25) is 0 Å². The summed E-state index contributed by atoms with van der Waals surface area (Å²) in [6.45, 7) is 2.26. The predicted molar refractivity (Wildman–Crippen MR) is 97.7 cm³/mol. The van der Waals surface area contributed by atoms with Crippen LogP contribution in [0.25, 0.3) is 0 Å². The fourth-order valence-electron chi connectivity index (χ4n) is 2.71. The molecule has 0 N–H and O–H groups in total. The quantitative estimate of drug-likeness (QED) is 0.290. The van der Waals surface area contributed by atoms with Crippen LogP contribution in [0.4, 0.5) is 0 Å². The zero-order valence-corrected chi connectivity index (χ0v) is 18.3. The molecule has 0 aromatic heterocycles. The molecule has 24 heavy (non-hydrogen) atoms. The van der Waals surface area contributed by atoms with Crippen LogP contribution in [0, 0.1) is 0 Å². The molecule has 0 aliphatic heterocycles. The summed E-state index contributed by atoms with van der Waals surface area (Å²) < 4.78 is 0. The Morgan fingerprint density at radius 3 is 1.88 bits per heavy atom. The number of aryl methyl sites for hydroxylation is 1. The van der Waals surface area contributed by atoms with Gasteiger partial charge in [0.05, 0.1) is 5.97 Å². The molecule has 0 amide bonds. The Kier molecular flexibility index (Phi) is 16.5. The first-order chi connectivity index (χ1) is 11.2. The molecule has 0 saturated heterocycles. The number of carboxylic acid groups (broad SMARTS) is 1. The van der Waals surface area contributed by atoms with E-state index in [1.54, 1.807) is 0 Å². The maximum absolute atomic E-state index is 10.4. The van der Waals surface area contributed by atoms with Gasteiger partial charge in [-0.3, -0.25) is 0 Å². The van der Waals surface area contributed by atoms with E-state index in [4.69, 9.17) is 0 Å². The number of unbranched alkanes of at least 4 members (excludes halogenated alkanes) is 9. The summed E-state index contributed by atoms with van der Waals surface area (Å²) in [7, 11) is 0. The number of hydrogen-bond acceptors (Lipinski definition) is 3. The minimum absolute atomic E-state index is 0. The molecule has 0 bridgehead atoms. The summed E-state index contributed by atoms with van der Waals surface area (Å²) in [5, 5.41) is 10.4. The molecule has 0 aliphatic carbocycles. The van der Waals surface area contributed by atoms with Gasteiger partial charge in [-0.05, 0) is 30.5 Å². The molecule has 1 rings (SSSR count). The van der Waals surface area contributed by atoms with Crippen molar-refractivity contribution in [1.29, 1.82) is 0 Å². The first-order valence-corrected chi connectivity index (χ1v) is 10.1. The van der Waals surface area contributed by atoms with Crippen molar-refractivity contribution >= 4 is 17.7 Å². The van der Waals surface area contributed by atoms with E-state index in [2.05, 4.69) is 19.1 Å². The third-order valence-electron chi connectivity index (χ3n) is 4.10. The maximum Gasteiger partial charge on any atom is 1.00 e. The van der Waals surface area contributed by atoms with Gasteiger partial charge in [0.2, 0.25) is 0 Å². The van der Waals surface area contributed by atoms with Crippen molar-refractivity contribution in [2.45, 2.75) is 82.4 Å². The van der Waals surface area contributed by atoms with Gasteiger partial charge in [0, 0.05) is 10.6 Å². The van der Waals surface area contributed by atoms with E-state index in [0.717, 1.165) is 11.3 Å². The molecule has 0 spiro atoms.